The molecule has 0 spiro atoms. The molecule has 3 rings (SSSR count). The average Bonchev–Trinajstić information content (AvgIpc) is 3.23. The highest BCUT2D eigenvalue weighted by Crippen LogP contribution is 2.22. The lowest BCUT2D eigenvalue weighted by molar-refractivity contribution is 0.0757. The number of hydrogen-bond donors (Lipinski definition) is 0. The summed E-state index contributed by atoms with van der Waals surface area (Å²) in [7, 11) is 1.62. The summed E-state index contributed by atoms with van der Waals surface area (Å²) < 4.78 is 5.18. The fourth-order valence-electron chi connectivity index (χ4n) is 3.05. The molecule has 142 valence electrons. The third-order valence-corrected chi connectivity index (χ3v) is 4.77. The van der Waals surface area contributed by atoms with Crippen molar-refractivity contribution < 1.29 is 9.53 Å². The zero-order chi connectivity index (χ0) is 19.2. The lowest BCUT2D eigenvalue weighted by Crippen LogP contribution is -2.32. The van der Waals surface area contributed by atoms with E-state index in [2.05, 4.69) is 21.4 Å². The van der Waals surface area contributed by atoms with Crippen LogP contribution in [0.1, 0.15) is 28.9 Å². The van der Waals surface area contributed by atoms with Crippen molar-refractivity contribution in [1.29, 1.82) is 0 Å². The number of nitrogens with zero attached hydrogens (tertiary/aromatic N) is 4. The normalized spacial score (nSPS) is 13.5. The molecule has 1 fully saturated rings. The third kappa shape index (κ3) is 4.57. The highest BCUT2D eigenvalue weighted by Gasteiger charge is 2.23. The first kappa shape index (κ1) is 19.2. The summed E-state index contributed by atoms with van der Waals surface area (Å²) in [6, 6.07) is 7.60. The van der Waals surface area contributed by atoms with E-state index in [1.807, 2.05) is 24.3 Å². The molecule has 0 atom stereocenters. The molecular formula is C20H23ClN4O2. The number of benzene rings is 1. The van der Waals surface area contributed by atoms with Crippen molar-refractivity contribution in [3.8, 4) is 5.75 Å². The second-order valence-electron chi connectivity index (χ2n) is 6.38. The number of rotatable bonds is 7. The predicted octanol–water partition coefficient (Wildman–Crippen LogP) is 3.57. The standard InChI is InChI=1S/C20H23ClN4O2/c1-3-10-25(14-15-6-8-16(27-2)9-7-15)19(26)18-17(21)13-22-20(23-18)24-11-4-5-12-24/h3,6-9,13H,1,4-5,10-12,14H2,2H3. The SMILES string of the molecule is C=CCN(Cc1ccc(OC)cc1)C(=O)c1nc(N2CCCC2)ncc1Cl. The van der Waals surface area contributed by atoms with Crippen molar-refractivity contribution in [3.63, 3.8) is 0 Å². The smallest absolute Gasteiger partial charge is 0.274 e. The number of methoxy groups -OCH3 is 1. The number of carbonyl (C=O) groups excluding carboxylic acids is 1. The minimum absolute atomic E-state index is 0.226. The minimum atomic E-state index is -0.237. The molecule has 7 heteroatoms. The monoisotopic (exact) mass is 386 g/mol. The van der Waals surface area contributed by atoms with Gasteiger partial charge in [0.25, 0.3) is 5.91 Å². The van der Waals surface area contributed by atoms with E-state index in [4.69, 9.17) is 16.3 Å². The second-order valence-corrected chi connectivity index (χ2v) is 6.79. The summed E-state index contributed by atoms with van der Waals surface area (Å²) >= 11 is 6.25. The Hall–Kier alpha value is -2.60. The summed E-state index contributed by atoms with van der Waals surface area (Å²) in [5.41, 5.74) is 1.21. The van der Waals surface area contributed by atoms with Crippen molar-refractivity contribution in [1.82, 2.24) is 14.9 Å². The fraction of sp³-hybridized carbons (Fsp3) is 0.350. The van der Waals surface area contributed by atoms with E-state index in [1.54, 1.807) is 18.1 Å². The quantitative estimate of drug-likeness (QED) is 0.681. The minimum Gasteiger partial charge on any atom is -0.497 e. The first-order chi connectivity index (χ1) is 13.1. The molecule has 1 aromatic carbocycles. The van der Waals surface area contributed by atoms with Crippen molar-refractivity contribution in [3.05, 3.63) is 59.4 Å². The van der Waals surface area contributed by atoms with Gasteiger partial charge in [-0.3, -0.25) is 4.79 Å². The number of halogens is 1. The molecule has 0 unspecified atom stereocenters. The molecule has 0 N–H and O–H groups in total. The zero-order valence-electron chi connectivity index (χ0n) is 15.4. The Bertz CT molecular complexity index is 804. The van der Waals surface area contributed by atoms with E-state index in [0.29, 0.717) is 19.0 Å². The molecule has 2 aromatic rings. The Kier molecular flexibility index (Phi) is 6.29. The van der Waals surface area contributed by atoms with Gasteiger partial charge in [-0.05, 0) is 30.5 Å². The summed E-state index contributed by atoms with van der Waals surface area (Å²) in [5.74, 6) is 1.09. The second kappa shape index (κ2) is 8.86. The van der Waals surface area contributed by atoms with Gasteiger partial charge in [-0.15, -0.1) is 6.58 Å². The number of hydrogen-bond acceptors (Lipinski definition) is 5. The van der Waals surface area contributed by atoms with Gasteiger partial charge in [-0.1, -0.05) is 29.8 Å². The van der Waals surface area contributed by atoms with E-state index in [9.17, 15) is 4.79 Å². The van der Waals surface area contributed by atoms with E-state index in [-0.39, 0.29) is 16.6 Å². The van der Waals surface area contributed by atoms with Gasteiger partial charge in [-0.2, -0.15) is 0 Å². The fourth-order valence-corrected chi connectivity index (χ4v) is 3.23. The van der Waals surface area contributed by atoms with E-state index in [1.165, 1.54) is 6.20 Å². The van der Waals surface area contributed by atoms with Crippen LogP contribution >= 0.6 is 11.6 Å². The molecule has 1 aromatic heterocycles. The molecular weight excluding hydrogens is 364 g/mol. The van der Waals surface area contributed by atoms with Crippen molar-refractivity contribution in [2.45, 2.75) is 19.4 Å². The molecule has 27 heavy (non-hydrogen) atoms. The number of aromatic nitrogens is 2. The Morgan fingerprint density at radius 3 is 2.67 bits per heavy atom. The maximum atomic E-state index is 13.1. The Labute approximate surface area is 164 Å². The summed E-state index contributed by atoms with van der Waals surface area (Å²) in [6.07, 6.45) is 5.41. The topological polar surface area (TPSA) is 58.6 Å². The van der Waals surface area contributed by atoms with Crippen molar-refractivity contribution in [2.24, 2.45) is 0 Å². The van der Waals surface area contributed by atoms with Gasteiger partial charge in [0, 0.05) is 26.2 Å². The number of amides is 1. The van der Waals surface area contributed by atoms with Crippen LogP contribution in [0.15, 0.2) is 43.1 Å². The largest absolute Gasteiger partial charge is 0.497 e. The molecule has 0 saturated carbocycles. The molecule has 0 aliphatic carbocycles. The predicted molar refractivity (Wildman–Crippen MR) is 106 cm³/mol. The number of ether oxygens (including phenoxy) is 1. The zero-order valence-corrected chi connectivity index (χ0v) is 16.2. The summed E-state index contributed by atoms with van der Waals surface area (Å²) in [6.45, 7) is 6.38. The lowest BCUT2D eigenvalue weighted by atomic mass is 10.2. The molecule has 1 aliphatic rings. The van der Waals surface area contributed by atoms with Gasteiger partial charge in [0.1, 0.15) is 5.75 Å². The van der Waals surface area contributed by atoms with Crippen molar-refractivity contribution in [2.75, 3.05) is 31.6 Å². The van der Waals surface area contributed by atoms with Crippen LogP contribution in [0.4, 0.5) is 5.95 Å². The molecule has 1 amide bonds. The Morgan fingerprint density at radius 1 is 1.33 bits per heavy atom. The highest BCUT2D eigenvalue weighted by atomic mass is 35.5. The van der Waals surface area contributed by atoms with Crippen LogP contribution < -0.4 is 9.64 Å². The molecule has 0 bridgehead atoms. The van der Waals surface area contributed by atoms with Gasteiger partial charge >= 0.3 is 0 Å². The van der Waals surface area contributed by atoms with E-state index in [0.717, 1.165) is 37.2 Å². The van der Waals surface area contributed by atoms with E-state index >= 15 is 0 Å². The van der Waals surface area contributed by atoms with Gasteiger partial charge < -0.3 is 14.5 Å². The first-order valence-electron chi connectivity index (χ1n) is 8.93. The van der Waals surface area contributed by atoms with Crippen molar-refractivity contribution >= 4 is 23.5 Å². The van der Waals surface area contributed by atoms with Crippen LogP contribution in [0.25, 0.3) is 0 Å². The lowest BCUT2D eigenvalue weighted by Gasteiger charge is -2.22. The van der Waals surface area contributed by atoms with Crippen LogP contribution in [0.3, 0.4) is 0 Å². The van der Waals surface area contributed by atoms with E-state index < -0.39 is 0 Å². The Balaban J connectivity index is 1.83. The molecule has 0 radical (unpaired) electrons. The number of carbonyl (C=O) groups is 1. The maximum absolute atomic E-state index is 13.1. The first-order valence-corrected chi connectivity index (χ1v) is 9.30. The highest BCUT2D eigenvalue weighted by molar-refractivity contribution is 6.33. The van der Waals surface area contributed by atoms with Gasteiger partial charge in [0.15, 0.2) is 5.69 Å². The van der Waals surface area contributed by atoms with Gasteiger partial charge in [0.2, 0.25) is 5.95 Å². The Morgan fingerprint density at radius 2 is 2.04 bits per heavy atom. The molecule has 6 nitrogen and oxygen atoms in total. The summed E-state index contributed by atoms with van der Waals surface area (Å²) in [4.78, 5) is 25.6. The van der Waals surface area contributed by atoms with Gasteiger partial charge in [-0.25, -0.2) is 9.97 Å². The molecule has 1 saturated heterocycles. The summed E-state index contributed by atoms with van der Waals surface area (Å²) in [5, 5.41) is 0.256. The van der Waals surface area contributed by atoms with Gasteiger partial charge in [0.05, 0.1) is 18.3 Å². The van der Waals surface area contributed by atoms with Crippen LogP contribution in [0, 0.1) is 0 Å². The van der Waals surface area contributed by atoms with Crippen LogP contribution in [-0.2, 0) is 6.54 Å². The molecule has 2 heterocycles. The average molecular weight is 387 g/mol. The third-order valence-electron chi connectivity index (χ3n) is 4.49. The maximum Gasteiger partial charge on any atom is 0.274 e. The van der Waals surface area contributed by atoms with Crippen LogP contribution in [-0.4, -0.2) is 47.5 Å². The number of anilines is 1. The van der Waals surface area contributed by atoms with Crippen LogP contribution in [0.5, 0.6) is 5.75 Å². The van der Waals surface area contributed by atoms with Crippen LogP contribution in [0.2, 0.25) is 5.02 Å². The molecule has 1 aliphatic heterocycles.